The van der Waals surface area contributed by atoms with Crippen molar-refractivity contribution in [1.82, 2.24) is 5.32 Å². The van der Waals surface area contributed by atoms with E-state index in [4.69, 9.17) is 4.42 Å². The summed E-state index contributed by atoms with van der Waals surface area (Å²) >= 11 is 0. The Morgan fingerprint density at radius 3 is 2.70 bits per heavy atom. The van der Waals surface area contributed by atoms with Crippen LogP contribution in [0.4, 0.5) is 5.69 Å². The second kappa shape index (κ2) is 6.98. The second-order valence-corrected chi connectivity index (χ2v) is 5.90. The Balaban J connectivity index is 1.57. The molecule has 5 nitrogen and oxygen atoms in total. The highest BCUT2D eigenvalue weighted by Gasteiger charge is 2.21. The standard InChI is InChI=1S/C18H22N2O3/c1-13(19-12-16(21)17-4-3-11-23-17)14-6-8-15(9-7-14)20-10-2-5-18(20)22/h3-4,6-9,11,13,16,19,21H,2,5,10,12H2,1H3/t13-,16-/m0/s1. The summed E-state index contributed by atoms with van der Waals surface area (Å²) < 4.78 is 5.19. The molecule has 1 aromatic carbocycles. The van der Waals surface area contributed by atoms with E-state index in [1.165, 1.54) is 0 Å². The lowest BCUT2D eigenvalue weighted by Crippen LogP contribution is -2.25. The maximum Gasteiger partial charge on any atom is 0.227 e. The Kier molecular flexibility index (Phi) is 4.79. The number of rotatable bonds is 6. The van der Waals surface area contributed by atoms with E-state index >= 15 is 0 Å². The van der Waals surface area contributed by atoms with Gasteiger partial charge in [0.2, 0.25) is 5.91 Å². The van der Waals surface area contributed by atoms with Crippen LogP contribution in [0, 0.1) is 0 Å². The number of benzene rings is 1. The van der Waals surface area contributed by atoms with Crippen molar-refractivity contribution < 1.29 is 14.3 Å². The number of anilines is 1. The van der Waals surface area contributed by atoms with Gasteiger partial charge in [-0.1, -0.05) is 12.1 Å². The van der Waals surface area contributed by atoms with Gasteiger partial charge < -0.3 is 19.7 Å². The molecular weight excluding hydrogens is 292 g/mol. The van der Waals surface area contributed by atoms with Gasteiger partial charge in [0, 0.05) is 31.2 Å². The average Bonchev–Trinajstić information content (AvgIpc) is 3.24. The van der Waals surface area contributed by atoms with E-state index in [-0.39, 0.29) is 11.9 Å². The maximum atomic E-state index is 11.8. The van der Waals surface area contributed by atoms with Crippen LogP contribution in [0.2, 0.25) is 0 Å². The molecule has 0 bridgehead atoms. The second-order valence-electron chi connectivity index (χ2n) is 5.90. The van der Waals surface area contributed by atoms with Crippen LogP contribution in [-0.4, -0.2) is 24.1 Å². The van der Waals surface area contributed by atoms with E-state index in [0.29, 0.717) is 18.7 Å². The Morgan fingerprint density at radius 2 is 2.09 bits per heavy atom. The Hall–Kier alpha value is -2.11. The minimum Gasteiger partial charge on any atom is -0.467 e. The molecule has 0 spiro atoms. The predicted octanol–water partition coefficient (Wildman–Crippen LogP) is 2.79. The van der Waals surface area contributed by atoms with Gasteiger partial charge in [-0.2, -0.15) is 0 Å². The van der Waals surface area contributed by atoms with E-state index in [2.05, 4.69) is 5.32 Å². The van der Waals surface area contributed by atoms with Crippen LogP contribution in [0.15, 0.2) is 47.1 Å². The van der Waals surface area contributed by atoms with Gasteiger partial charge in [0.1, 0.15) is 11.9 Å². The molecule has 3 rings (SSSR count). The van der Waals surface area contributed by atoms with Crippen LogP contribution in [0.1, 0.15) is 43.2 Å². The normalized spacial score (nSPS) is 17.5. The molecule has 1 amide bonds. The van der Waals surface area contributed by atoms with Crippen molar-refractivity contribution in [3.63, 3.8) is 0 Å². The summed E-state index contributed by atoms with van der Waals surface area (Å²) in [5.74, 6) is 0.762. The third-order valence-electron chi connectivity index (χ3n) is 4.27. The molecule has 0 unspecified atom stereocenters. The van der Waals surface area contributed by atoms with Crippen LogP contribution in [0.25, 0.3) is 0 Å². The van der Waals surface area contributed by atoms with E-state index in [9.17, 15) is 9.90 Å². The van der Waals surface area contributed by atoms with Crippen molar-refractivity contribution in [3.05, 3.63) is 54.0 Å². The molecule has 1 aliphatic rings. The molecule has 2 N–H and O–H groups in total. The van der Waals surface area contributed by atoms with Gasteiger partial charge in [0.15, 0.2) is 0 Å². The summed E-state index contributed by atoms with van der Waals surface area (Å²) in [5.41, 5.74) is 2.08. The molecule has 0 aliphatic carbocycles. The summed E-state index contributed by atoms with van der Waals surface area (Å²) in [6, 6.07) is 11.6. The third-order valence-corrected chi connectivity index (χ3v) is 4.27. The zero-order valence-corrected chi connectivity index (χ0v) is 13.2. The number of amides is 1. The van der Waals surface area contributed by atoms with E-state index in [1.807, 2.05) is 36.1 Å². The van der Waals surface area contributed by atoms with Crippen molar-refractivity contribution in [2.75, 3.05) is 18.0 Å². The molecule has 1 aliphatic heterocycles. The molecular formula is C18H22N2O3. The summed E-state index contributed by atoms with van der Waals surface area (Å²) in [6.45, 7) is 3.27. The fraction of sp³-hybridized carbons (Fsp3) is 0.389. The largest absolute Gasteiger partial charge is 0.467 e. The minimum absolute atomic E-state index is 0.0999. The number of carbonyl (C=O) groups excluding carboxylic acids is 1. The van der Waals surface area contributed by atoms with Crippen molar-refractivity contribution in [1.29, 1.82) is 0 Å². The number of aliphatic hydroxyl groups is 1. The molecule has 2 heterocycles. The Morgan fingerprint density at radius 1 is 1.30 bits per heavy atom. The quantitative estimate of drug-likeness (QED) is 0.860. The summed E-state index contributed by atoms with van der Waals surface area (Å²) in [4.78, 5) is 13.6. The van der Waals surface area contributed by atoms with Gasteiger partial charge in [-0.25, -0.2) is 0 Å². The first kappa shape index (κ1) is 15.8. The first-order valence-corrected chi connectivity index (χ1v) is 8.00. The highest BCUT2D eigenvalue weighted by atomic mass is 16.4. The monoisotopic (exact) mass is 314 g/mol. The first-order chi connectivity index (χ1) is 11.1. The number of nitrogens with zero attached hydrogens (tertiary/aromatic N) is 1. The van der Waals surface area contributed by atoms with Gasteiger partial charge in [-0.3, -0.25) is 4.79 Å². The molecule has 0 saturated carbocycles. The fourth-order valence-corrected chi connectivity index (χ4v) is 2.85. The van der Waals surface area contributed by atoms with Gasteiger partial charge >= 0.3 is 0 Å². The molecule has 1 saturated heterocycles. The molecule has 1 fully saturated rings. The lowest BCUT2D eigenvalue weighted by atomic mass is 10.1. The first-order valence-electron chi connectivity index (χ1n) is 8.00. The van der Waals surface area contributed by atoms with Crippen LogP contribution >= 0.6 is 0 Å². The highest BCUT2D eigenvalue weighted by Crippen LogP contribution is 2.23. The van der Waals surface area contributed by atoms with Crippen molar-refractivity contribution >= 4 is 11.6 Å². The van der Waals surface area contributed by atoms with Crippen LogP contribution in [0.3, 0.4) is 0 Å². The predicted molar refractivity (Wildman–Crippen MR) is 88.1 cm³/mol. The fourth-order valence-electron chi connectivity index (χ4n) is 2.85. The average molecular weight is 314 g/mol. The molecule has 2 aromatic rings. The SMILES string of the molecule is C[C@H](NC[C@H](O)c1ccco1)c1ccc(N2CCCC2=O)cc1. The molecule has 1 aromatic heterocycles. The lowest BCUT2D eigenvalue weighted by Gasteiger charge is -2.19. The van der Waals surface area contributed by atoms with E-state index in [1.54, 1.807) is 18.4 Å². The van der Waals surface area contributed by atoms with Crippen molar-refractivity contribution in [2.24, 2.45) is 0 Å². The number of hydrogen-bond donors (Lipinski definition) is 2. The van der Waals surface area contributed by atoms with Crippen molar-refractivity contribution in [3.8, 4) is 0 Å². The van der Waals surface area contributed by atoms with Crippen molar-refractivity contribution in [2.45, 2.75) is 31.9 Å². The summed E-state index contributed by atoms with van der Waals surface area (Å²) in [5, 5.41) is 13.3. The lowest BCUT2D eigenvalue weighted by molar-refractivity contribution is -0.117. The smallest absolute Gasteiger partial charge is 0.227 e. The molecule has 0 radical (unpaired) electrons. The van der Waals surface area contributed by atoms with E-state index in [0.717, 1.165) is 24.2 Å². The number of nitrogens with one attached hydrogen (secondary N) is 1. The minimum atomic E-state index is -0.658. The zero-order chi connectivity index (χ0) is 16.2. The summed E-state index contributed by atoms with van der Waals surface area (Å²) in [7, 11) is 0. The maximum absolute atomic E-state index is 11.8. The van der Waals surface area contributed by atoms with Gasteiger partial charge in [0.25, 0.3) is 0 Å². The Labute approximate surface area is 135 Å². The van der Waals surface area contributed by atoms with E-state index < -0.39 is 6.10 Å². The van der Waals surface area contributed by atoms with Crippen LogP contribution in [0.5, 0.6) is 0 Å². The van der Waals surface area contributed by atoms with Gasteiger partial charge in [0.05, 0.1) is 6.26 Å². The highest BCUT2D eigenvalue weighted by molar-refractivity contribution is 5.95. The molecule has 2 atom stereocenters. The van der Waals surface area contributed by atoms with Crippen LogP contribution in [-0.2, 0) is 4.79 Å². The van der Waals surface area contributed by atoms with Gasteiger partial charge in [-0.15, -0.1) is 0 Å². The zero-order valence-electron chi connectivity index (χ0n) is 13.2. The molecule has 122 valence electrons. The topological polar surface area (TPSA) is 65.7 Å². The molecule has 5 heteroatoms. The Bertz CT molecular complexity index is 637. The van der Waals surface area contributed by atoms with Crippen LogP contribution < -0.4 is 10.2 Å². The summed E-state index contributed by atoms with van der Waals surface area (Å²) in [6.07, 6.45) is 2.47. The van der Waals surface area contributed by atoms with Gasteiger partial charge in [-0.05, 0) is 43.2 Å². The number of carbonyl (C=O) groups is 1. The number of aliphatic hydroxyl groups excluding tert-OH is 1. The molecule has 23 heavy (non-hydrogen) atoms. The third kappa shape index (κ3) is 3.63. The number of furan rings is 1. The number of hydrogen-bond acceptors (Lipinski definition) is 4.